The van der Waals surface area contributed by atoms with Gasteiger partial charge in [0.05, 0.1) is 5.75 Å². The Balaban J connectivity index is 1.50. The molecule has 0 bridgehead atoms. The highest BCUT2D eigenvalue weighted by molar-refractivity contribution is 7.90. The number of aromatic nitrogens is 2. The van der Waals surface area contributed by atoms with E-state index in [2.05, 4.69) is 15.5 Å². The Kier molecular flexibility index (Phi) is 6.50. The molecule has 9 heteroatoms. The second-order valence-corrected chi connectivity index (χ2v) is 8.00. The Morgan fingerprint density at radius 1 is 1.07 bits per heavy atom. The molecule has 0 aliphatic carbocycles. The summed E-state index contributed by atoms with van der Waals surface area (Å²) in [6, 6.07) is 14.4. The molecular weight excluding hydrogens is 397 g/mol. The molecule has 0 saturated heterocycles. The smallest absolute Gasteiger partial charge is 0.335 e. The summed E-state index contributed by atoms with van der Waals surface area (Å²) in [5, 5.41) is 9.50. The molecule has 1 N–H and O–H groups in total. The van der Waals surface area contributed by atoms with Crippen molar-refractivity contribution in [3.8, 4) is 0 Å². The van der Waals surface area contributed by atoms with Crippen LogP contribution in [0.2, 0.25) is 0 Å². The van der Waals surface area contributed by atoms with Gasteiger partial charge in [-0.1, -0.05) is 47.6 Å². The average Bonchev–Trinajstić information content (AvgIpc) is 3.18. The largest absolute Gasteiger partial charge is 0.412 e. The lowest BCUT2D eigenvalue weighted by molar-refractivity contribution is -0.116. The average molecular weight is 415 g/mol. The van der Waals surface area contributed by atoms with E-state index in [-0.39, 0.29) is 36.3 Å². The molecule has 0 spiro atoms. The molecule has 0 atom stereocenters. The molecule has 0 aliphatic rings. The fourth-order valence-electron chi connectivity index (χ4n) is 2.42. The van der Waals surface area contributed by atoms with Crippen LogP contribution in [0.15, 0.2) is 70.3 Å². The molecule has 0 radical (unpaired) electrons. The third-order valence-electron chi connectivity index (χ3n) is 3.85. The van der Waals surface area contributed by atoms with Crippen LogP contribution in [-0.2, 0) is 26.8 Å². The van der Waals surface area contributed by atoms with E-state index < -0.39 is 15.1 Å². The zero-order valence-electron chi connectivity index (χ0n) is 15.3. The van der Waals surface area contributed by atoms with Gasteiger partial charge >= 0.3 is 5.22 Å². The number of rotatable bonds is 8. The molecule has 3 rings (SSSR count). The van der Waals surface area contributed by atoms with E-state index in [0.717, 1.165) is 0 Å². The summed E-state index contributed by atoms with van der Waals surface area (Å²) in [6.07, 6.45) is 3.05. The summed E-state index contributed by atoms with van der Waals surface area (Å²) in [7, 11) is -3.74. The number of sulfone groups is 1. The fraction of sp³-hybridized carbons (Fsp3) is 0.150. The predicted molar refractivity (Wildman–Crippen MR) is 104 cm³/mol. The summed E-state index contributed by atoms with van der Waals surface area (Å²) in [6.45, 7) is 0.187. The van der Waals surface area contributed by atoms with Gasteiger partial charge in [0, 0.05) is 19.0 Å². The lowest BCUT2D eigenvalue weighted by atomic mass is 10.2. The molecule has 7 nitrogen and oxygen atoms in total. The molecule has 0 fully saturated rings. The van der Waals surface area contributed by atoms with E-state index >= 15 is 0 Å². The fourth-order valence-corrected chi connectivity index (χ4v) is 3.56. The van der Waals surface area contributed by atoms with Crippen LogP contribution >= 0.6 is 0 Å². The molecule has 2 aromatic carbocycles. The van der Waals surface area contributed by atoms with Gasteiger partial charge in [0.15, 0.2) is 0 Å². The van der Waals surface area contributed by atoms with Crippen molar-refractivity contribution in [2.45, 2.75) is 17.4 Å². The molecule has 1 heterocycles. The number of carbonyl (C=O) groups is 1. The minimum atomic E-state index is -3.74. The van der Waals surface area contributed by atoms with Gasteiger partial charge in [-0.25, -0.2) is 12.8 Å². The zero-order valence-corrected chi connectivity index (χ0v) is 16.1. The zero-order chi connectivity index (χ0) is 20.7. The maximum Gasteiger partial charge on any atom is 0.335 e. The number of nitrogens with zero attached hydrogens (tertiary/aromatic N) is 2. The highest BCUT2D eigenvalue weighted by Gasteiger charge is 2.22. The lowest BCUT2D eigenvalue weighted by Gasteiger charge is -2.00. The molecule has 1 amide bonds. The first-order chi connectivity index (χ1) is 13.9. The van der Waals surface area contributed by atoms with Crippen LogP contribution in [0.25, 0.3) is 6.08 Å². The van der Waals surface area contributed by atoms with Gasteiger partial charge in [0.25, 0.3) is 0 Å². The van der Waals surface area contributed by atoms with Crippen molar-refractivity contribution in [2.75, 3.05) is 6.54 Å². The van der Waals surface area contributed by atoms with Gasteiger partial charge in [-0.2, -0.15) is 0 Å². The quantitative estimate of drug-likeness (QED) is 0.568. The van der Waals surface area contributed by atoms with E-state index in [0.29, 0.717) is 11.1 Å². The van der Waals surface area contributed by atoms with Crippen molar-refractivity contribution in [1.29, 1.82) is 0 Å². The number of carbonyl (C=O) groups excluding carboxylic acids is 1. The predicted octanol–water partition coefficient (Wildman–Crippen LogP) is 2.55. The second kappa shape index (κ2) is 9.24. The Labute approximate surface area is 167 Å². The number of halogens is 1. The molecular formula is C20H18FN3O4S. The van der Waals surface area contributed by atoms with E-state index in [9.17, 15) is 17.6 Å². The maximum atomic E-state index is 12.8. The topological polar surface area (TPSA) is 102 Å². The van der Waals surface area contributed by atoms with Crippen LogP contribution in [0.3, 0.4) is 0 Å². The Morgan fingerprint density at radius 2 is 1.79 bits per heavy atom. The van der Waals surface area contributed by atoms with E-state index in [1.54, 1.807) is 48.5 Å². The standard InChI is InChI=1S/C20H18FN3O4S/c21-17-9-6-15(7-10-17)8-11-18(25)22-13-12-19-23-24-20(28-19)29(26,27)14-16-4-2-1-3-5-16/h1-11H,12-14H2,(H,22,25)/b11-8+. The van der Waals surface area contributed by atoms with Crippen LogP contribution in [0.4, 0.5) is 4.39 Å². The lowest BCUT2D eigenvalue weighted by Crippen LogP contribution is -2.23. The first-order valence-electron chi connectivity index (χ1n) is 8.73. The van der Waals surface area contributed by atoms with E-state index in [4.69, 9.17) is 4.42 Å². The molecule has 3 aromatic rings. The van der Waals surface area contributed by atoms with Crippen molar-refractivity contribution in [3.05, 3.63) is 83.5 Å². The summed E-state index contributed by atoms with van der Waals surface area (Å²) in [4.78, 5) is 11.8. The Hall–Kier alpha value is -3.33. The number of hydrogen-bond donors (Lipinski definition) is 1. The molecule has 29 heavy (non-hydrogen) atoms. The molecule has 0 aliphatic heterocycles. The van der Waals surface area contributed by atoms with Gasteiger partial charge in [0.1, 0.15) is 5.82 Å². The van der Waals surface area contributed by atoms with Crippen LogP contribution in [0.1, 0.15) is 17.0 Å². The number of nitrogens with one attached hydrogen (secondary N) is 1. The highest BCUT2D eigenvalue weighted by atomic mass is 32.2. The van der Waals surface area contributed by atoms with E-state index in [1.165, 1.54) is 18.2 Å². The van der Waals surface area contributed by atoms with Crippen LogP contribution in [-0.4, -0.2) is 31.1 Å². The van der Waals surface area contributed by atoms with Gasteiger partial charge < -0.3 is 9.73 Å². The monoisotopic (exact) mass is 415 g/mol. The first-order valence-corrected chi connectivity index (χ1v) is 10.4. The number of amides is 1. The Morgan fingerprint density at radius 3 is 2.52 bits per heavy atom. The normalized spacial score (nSPS) is 11.6. The molecule has 0 saturated carbocycles. The van der Waals surface area contributed by atoms with Crippen LogP contribution in [0, 0.1) is 5.82 Å². The Bertz CT molecular complexity index is 1090. The minimum Gasteiger partial charge on any atom is -0.412 e. The summed E-state index contributed by atoms with van der Waals surface area (Å²) in [5.74, 6) is -0.832. The molecule has 1 aromatic heterocycles. The van der Waals surface area contributed by atoms with Crippen LogP contribution in [0.5, 0.6) is 0 Å². The number of hydrogen-bond acceptors (Lipinski definition) is 6. The molecule has 0 unspecified atom stereocenters. The SMILES string of the molecule is O=C(/C=C/c1ccc(F)cc1)NCCc1nnc(S(=O)(=O)Cc2ccccc2)o1. The number of benzene rings is 2. The highest BCUT2D eigenvalue weighted by Crippen LogP contribution is 2.15. The summed E-state index contributed by atoms with van der Waals surface area (Å²) >= 11 is 0. The van der Waals surface area contributed by atoms with E-state index in [1.807, 2.05) is 0 Å². The van der Waals surface area contributed by atoms with Gasteiger partial charge in [0.2, 0.25) is 21.6 Å². The van der Waals surface area contributed by atoms with Crippen molar-refractivity contribution in [3.63, 3.8) is 0 Å². The van der Waals surface area contributed by atoms with Gasteiger partial charge in [-0.15, -0.1) is 5.10 Å². The minimum absolute atomic E-state index is 0.111. The van der Waals surface area contributed by atoms with Crippen molar-refractivity contribution >= 4 is 21.8 Å². The van der Waals surface area contributed by atoms with Crippen molar-refractivity contribution in [1.82, 2.24) is 15.5 Å². The maximum absolute atomic E-state index is 12.8. The van der Waals surface area contributed by atoms with Crippen molar-refractivity contribution < 1.29 is 22.0 Å². The summed E-state index contributed by atoms with van der Waals surface area (Å²) < 4.78 is 42.7. The third kappa shape index (κ3) is 6.08. The van der Waals surface area contributed by atoms with Gasteiger partial charge in [-0.05, 0) is 29.3 Å². The second-order valence-electron chi connectivity index (χ2n) is 6.13. The van der Waals surface area contributed by atoms with Crippen LogP contribution < -0.4 is 5.32 Å². The van der Waals surface area contributed by atoms with Crippen molar-refractivity contribution in [2.24, 2.45) is 0 Å². The third-order valence-corrected chi connectivity index (χ3v) is 5.26. The summed E-state index contributed by atoms with van der Waals surface area (Å²) in [5.41, 5.74) is 1.30. The first kappa shape index (κ1) is 20.4. The molecule has 150 valence electrons. The van der Waals surface area contributed by atoms with Gasteiger partial charge in [-0.3, -0.25) is 4.79 Å².